The van der Waals surface area contributed by atoms with Gasteiger partial charge in [0.25, 0.3) is 0 Å². The third-order valence-electron chi connectivity index (χ3n) is 3.46. The Kier molecular flexibility index (Phi) is 4.18. The zero-order valence-electron chi connectivity index (χ0n) is 10.5. The normalized spacial score (nSPS) is 18.7. The maximum absolute atomic E-state index is 9.63. The van der Waals surface area contributed by atoms with Crippen LogP contribution in [0.15, 0.2) is 29.6 Å². The van der Waals surface area contributed by atoms with Gasteiger partial charge in [0.05, 0.1) is 0 Å². The summed E-state index contributed by atoms with van der Waals surface area (Å²) in [6.45, 7) is 1.93. The van der Waals surface area contributed by atoms with E-state index >= 15 is 0 Å². The number of hydrogen-bond acceptors (Lipinski definition) is 4. The van der Waals surface area contributed by atoms with E-state index in [4.69, 9.17) is 0 Å². The van der Waals surface area contributed by atoms with Crippen LogP contribution in [-0.2, 0) is 6.54 Å². The fourth-order valence-corrected chi connectivity index (χ4v) is 3.57. The van der Waals surface area contributed by atoms with Gasteiger partial charge in [-0.15, -0.1) is 28.3 Å². The molecule has 1 atom stereocenters. The van der Waals surface area contributed by atoms with Crippen LogP contribution in [0.3, 0.4) is 0 Å². The van der Waals surface area contributed by atoms with Gasteiger partial charge in [0.1, 0.15) is 0 Å². The molecule has 3 nitrogen and oxygen atoms in total. The lowest BCUT2D eigenvalue weighted by molar-refractivity contribution is 0.299. The first-order valence-electron chi connectivity index (χ1n) is 5.92. The van der Waals surface area contributed by atoms with E-state index in [9.17, 15) is 10.2 Å². The first-order chi connectivity index (χ1) is 8.65. The molecule has 1 aliphatic rings. The molecule has 1 aromatic carbocycles. The van der Waals surface area contributed by atoms with E-state index in [1.807, 2.05) is 6.07 Å². The lowest BCUT2D eigenvalue weighted by atomic mass is 9.88. The molecular weight excluding hydrogens is 326 g/mol. The van der Waals surface area contributed by atoms with Crippen molar-refractivity contribution in [2.75, 3.05) is 13.6 Å². The molecule has 0 amide bonds. The second kappa shape index (κ2) is 5.53. The lowest BCUT2D eigenvalue weighted by Gasteiger charge is -2.30. The van der Waals surface area contributed by atoms with E-state index < -0.39 is 0 Å². The molecule has 2 heterocycles. The average molecular weight is 342 g/mol. The number of nitrogens with zero attached hydrogens (tertiary/aromatic N) is 1. The number of likely N-dealkylation sites (N-methyl/N-ethyl adjacent to an activating group) is 1. The molecule has 1 unspecified atom stereocenters. The van der Waals surface area contributed by atoms with Crippen LogP contribution in [0.2, 0.25) is 0 Å². The molecule has 5 heteroatoms. The Morgan fingerprint density at radius 2 is 2.00 bits per heavy atom. The first kappa shape index (κ1) is 14.4. The number of aromatic hydroxyl groups is 2. The van der Waals surface area contributed by atoms with E-state index in [0.29, 0.717) is 0 Å². The zero-order valence-corrected chi connectivity index (χ0v) is 13.1. The third kappa shape index (κ3) is 2.63. The van der Waals surface area contributed by atoms with Crippen molar-refractivity contribution < 1.29 is 10.2 Å². The maximum atomic E-state index is 9.63. The molecular formula is C14H16BrNO2S. The molecule has 1 aliphatic heterocycles. The minimum atomic E-state index is -0.0616. The van der Waals surface area contributed by atoms with Gasteiger partial charge in [-0.2, -0.15) is 0 Å². The van der Waals surface area contributed by atoms with Crippen LogP contribution in [0.5, 0.6) is 11.5 Å². The number of halogens is 1. The van der Waals surface area contributed by atoms with E-state index in [1.54, 1.807) is 23.5 Å². The molecule has 2 aromatic rings. The van der Waals surface area contributed by atoms with Crippen molar-refractivity contribution in [2.24, 2.45) is 0 Å². The Bertz CT molecular complexity index is 585. The monoisotopic (exact) mass is 341 g/mol. The van der Waals surface area contributed by atoms with Crippen LogP contribution < -0.4 is 0 Å². The van der Waals surface area contributed by atoms with E-state index in [1.165, 1.54) is 10.4 Å². The van der Waals surface area contributed by atoms with Gasteiger partial charge in [-0.3, -0.25) is 0 Å². The molecule has 19 heavy (non-hydrogen) atoms. The summed E-state index contributed by atoms with van der Waals surface area (Å²) >= 11 is 1.78. The van der Waals surface area contributed by atoms with E-state index in [2.05, 4.69) is 23.4 Å². The molecule has 102 valence electrons. The number of phenolic OH excluding ortho intramolecular Hbond substituents is 2. The number of phenols is 2. The van der Waals surface area contributed by atoms with Crippen molar-refractivity contribution >= 4 is 28.3 Å². The quantitative estimate of drug-likeness (QED) is 0.782. The van der Waals surface area contributed by atoms with Gasteiger partial charge in [0.2, 0.25) is 0 Å². The van der Waals surface area contributed by atoms with Crippen molar-refractivity contribution in [1.82, 2.24) is 4.90 Å². The van der Waals surface area contributed by atoms with Gasteiger partial charge >= 0.3 is 0 Å². The van der Waals surface area contributed by atoms with Gasteiger partial charge in [-0.05, 0) is 41.8 Å². The van der Waals surface area contributed by atoms with Crippen molar-refractivity contribution in [3.8, 4) is 11.5 Å². The number of hydrogen-bond donors (Lipinski definition) is 2. The number of benzene rings is 1. The zero-order chi connectivity index (χ0) is 12.7. The van der Waals surface area contributed by atoms with Gasteiger partial charge in [-0.1, -0.05) is 6.07 Å². The number of thiophene rings is 1. The molecule has 0 radical (unpaired) electrons. The Morgan fingerprint density at radius 3 is 2.74 bits per heavy atom. The highest BCUT2D eigenvalue weighted by molar-refractivity contribution is 8.93. The van der Waals surface area contributed by atoms with Crippen LogP contribution in [0.4, 0.5) is 0 Å². The summed E-state index contributed by atoms with van der Waals surface area (Å²) in [6, 6.07) is 7.29. The van der Waals surface area contributed by atoms with Gasteiger partial charge < -0.3 is 15.1 Å². The predicted octanol–water partition coefficient (Wildman–Crippen LogP) is 3.31. The summed E-state index contributed by atoms with van der Waals surface area (Å²) in [6.07, 6.45) is 0. The Morgan fingerprint density at radius 1 is 1.21 bits per heavy atom. The van der Waals surface area contributed by atoms with Crippen LogP contribution in [0.1, 0.15) is 21.9 Å². The van der Waals surface area contributed by atoms with E-state index in [0.717, 1.165) is 18.7 Å². The molecule has 2 N–H and O–H groups in total. The SMILES string of the molecule is Br.CN1Cc2sccc2C(c2ccc(O)c(O)c2)C1. The fraction of sp³-hybridized carbons (Fsp3) is 0.286. The summed E-state index contributed by atoms with van der Waals surface area (Å²) in [7, 11) is 2.11. The number of fused-ring (bicyclic) bond motifs is 1. The molecule has 0 saturated heterocycles. The van der Waals surface area contributed by atoms with Gasteiger partial charge in [-0.25, -0.2) is 0 Å². The van der Waals surface area contributed by atoms with Crippen LogP contribution in [0.25, 0.3) is 0 Å². The second-order valence-corrected chi connectivity index (χ2v) is 5.80. The van der Waals surface area contributed by atoms with Gasteiger partial charge in [0.15, 0.2) is 11.5 Å². The largest absolute Gasteiger partial charge is 0.504 e. The molecule has 0 saturated carbocycles. The van der Waals surface area contributed by atoms with Crippen molar-refractivity contribution in [3.63, 3.8) is 0 Å². The first-order valence-corrected chi connectivity index (χ1v) is 6.80. The Labute approximate surface area is 126 Å². The highest BCUT2D eigenvalue weighted by Crippen LogP contribution is 2.38. The predicted molar refractivity (Wildman–Crippen MR) is 82.6 cm³/mol. The highest BCUT2D eigenvalue weighted by atomic mass is 79.9. The molecule has 0 fully saturated rings. The summed E-state index contributed by atoms with van der Waals surface area (Å²) in [5.74, 6) is 0.169. The minimum absolute atomic E-state index is 0. The molecule has 0 spiro atoms. The summed E-state index contributed by atoms with van der Waals surface area (Å²) in [5.41, 5.74) is 2.40. The molecule has 3 rings (SSSR count). The number of rotatable bonds is 1. The van der Waals surface area contributed by atoms with Crippen molar-refractivity contribution in [1.29, 1.82) is 0 Å². The van der Waals surface area contributed by atoms with Gasteiger partial charge in [0, 0.05) is 23.9 Å². The highest BCUT2D eigenvalue weighted by Gasteiger charge is 2.26. The van der Waals surface area contributed by atoms with E-state index in [-0.39, 0.29) is 34.4 Å². The van der Waals surface area contributed by atoms with Crippen molar-refractivity contribution in [3.05, 3.63) is 45.6 Å². The summed E-state index contributed by atoms with van der Waals surface area (Å²) < 4.78 is 0. The Balaban J connectivity index is 0.00000133. The van der Waals surface area contributed by atoms with Crippen LogP contribution >= 0.6 is 28.3 Å². The maximum Gasteiger partial charge on any atom is 0.157 e. The van der Waals surface area contributed by atoms with Crippen molar-refractivity contribution in [2.45, 2.75) is 12.5 Å². The summed E-state index contributed by atoms with van der Waals surface area (Å²) in [4.78, 5) is 3.68. The average Bonchev–Trinajstić information content (AvgIpc) is 2.79. The standard InChI is InChI=1S/C14H15NO2S.BrH/c1-15-7-11(10-4-5-18-14(10)8-15)9-2-3-12(16)13(17)6-9;/h2-6,11,16-17H,7-8H2,1H3;1H. The lowest BCUT2D eigenvalue weighted by Crippen LogP contribution is -2.29. The fourth-order valence-electron chi connectivity index (χ4n) is 2.55. The minimum Gasteiger partial charge on any atom is -0.504 e. The van der Waals surface area contributed by atoms with Crippen LogP contribution in [0, 0.1) is 0 Å². The topological polar surface area (TPSA) is 43.7 Å². The molecule has 0 aliphatic carbocycles. The second-order valence-electron chi connectivity index (χ2n) is 4.80. The smallest absolute Gasteiger partial charge is 0.157 e. The molecule has 0 bridgehead atoms. The van der Waals surface area contributed by atoms with Crippen LogP contribution in [-0.4, -0.2) is 28.7 Å². The Hall–Kier alpha value is -1.04. The third-order valence-corrected chi connectivity index (χ3v) is 4.39. The summed E-state index contributed by atoms with van der Waals surface area (Å²) in [5, 5.41) is 21.1. The molecule has 1 aromatic heterocycles.